The van der Waals surface area contributed by atoms with Crippen LogP contribution in [0.5, 0.6) is 0 Å². The lowest BCUT2D eigenvalue weighted by Gasteiger charge is -2.21. The first kappa shape index (κ1) is 90.1. The van der Waals surface area contributed by atoms with Gasteiger partial charge in [-0.15, -0.1) is 0 Å². The molecule has 0 saturated carbocycles. The molecule has 0 aromatic carbocycles. The zero-order valence-corrected chi connectivity index (χ0v) is 62.0. The quantitative estimate of drug-likeness (QED) is 0.0222. The van der Waals surface area contributed by atoms with Gasteiger partial charge in [-0.2, -0.15) is 0 Å². The molecule has 546 valence electrons. The van der Waals surface area contributed by atoms with Gasteiger partial charge < -0.3 is 33.8 Å². The standard InChI is InChI=1S/C73H142O17P2/c1-9-66(8)52-44-36-27-23-24-30-40-48-56-73(78)90-69(60-84-71(76)54-46-38-32-31-35-43-51-65(6)7)62-88-92(81,82)86-58-67(74)57-85-91(79,80)87-61-68(89-72(77)55-47-39-29-22-18-14-16-20-26-34-42-50-64(4)5)59-83-70(75)53-45-37-28-21-17-13-11-10-12-15-19-25-33-41-49-63(2)3/h63-69,74H,9-62H2,1-8H3,(H,79,80)(H,81,82)/t66?,67-,68-,69-/m1/s1. The van der Waals surface area contributed by atoms with E-state index < -0.39 is 97.5 Å². The molecule has 0 aliphatic carbocycles. The van der Waals surface area contributed by atoms with Gasteiger partial charge in [-0.3, -0.25) is 37.3 Å². The summed E-state index contributed by atoms with van der Waals surface area (Å²) in [7, 11) is -9.91. The number of ether oxygens (including phenoxy) is 4. The van der Waals surface area contributed by atoms with E-state index in [0.29, 0.717) is 31.6 Å². The van der Waals surface area contributed by atoms with E-state index in [4.69, 9.17) is 37.0 Å². The van der Waals surface area contributed by atoms with E-state index in [2.05, 4.69) is 55.4 Å². The second kappa shape index (κ2) is 62.6. The van der Waals surface area contributed by atoms with Crippen LogP contribution in [0.2, 0.25) is 0 Å². The van der Waals surface area contributed by atoms with Gasteiger partial charge >= 0.3 is 39.5 Å². The molecular formula is C73H142O17P2. The first-order valence-electron chi connectivity index (χ1n) is 37.7. The second-order valence-electron chi connectivity index (χ2n) is 28.0. The average molecular weight is 1350 g/mol. The lowest BCUT2D eigenvalue weighted by Crippen LogP contribution is -2.30. The largest absolute Gasteiger partial charge is 0.472 e. The van der Waals surface area contributed by atoms with Crippen LogP contribution < -0.4 is 0 Å². The van der Waals surface area contributed by atoms with Gasteiger partial charge in [0.25, 0.3) is 0 Å². The van der Waals surface area contributed by atoms with Gasteiger partial charge in [-0.1, -0.05) is 312 Å². The van der Waals surface area contributed by atoms with E-state index in [1.54, 1.807) is 0 Å². The summed E-state index contributed by atoms with van der Waals surface area (Å²) in [4.78, 5) is 72.6. The lowest BCUT2D eigenvalue weighted by atomic mass is 9.99. The fourth-order valence-corrected chi connectivity index (χ4v) is 12.6. The molecule has 6 atom stereocenters. The van der Waals surface area contributed by atoms with Crippen molar-refractivity contribution in [3.05, 3.63) is 0 Å². The number of carbonyl (C=O) groups excluding carboxylic acids is 4. The molecular weight excluding hydrogens is 1210 g/mol. The van der Waals surface area contributed by atoms with Crippen molar-refractivity contribution >= 4 is 39.5 Å². The van der Waals surface area contributed by atoms with Crippen LogP contribution >= 0.6 is 15.6 Å². The molecule has 3 unspecified atom stereocenters. The number of phosphoric acid groups is 2. The molecule has 17 nitrogen and oxygen atoms in total. The number of hydrogen-bond acceptors (Lipinski definition) is 15. The summed E-state index contributed by atoms with van der Waals surface area (Å²) in [6.07, 6.45) is 45.9. The molecule has 0 aliphatic heterocycles. The van der Waals surface area contributed by atoms with Crippen LogP contribution in [-0.2, 0) is 65.4 Å². The van der Waals surface area contributed by atoms with E-state index in [0.717, 1.165) is 114 Å². The smallest absolute Gasteiger partial charge is 0.462 e. The molecule has 0 aliphatic rings. The molecule has 0 spiro atoms. The van der Waals surface area contributed by atoms with Crippen LogP contribution in [0.25, 0.3) is 0 Å². The molecule has 0 heterocycles. The Hall–Kier alpha value is -1.94. The van der Waals surface area contributed by atoms with Crippen molar-refractivity contribution in [2.45, 2.75) is 382 Å². The van der Waals surface area contributed by atoms with Gasteiger partial charge in [-0.25, -0.2) is 9.13 Å². The van der Waals surface area contributed by atoms with Crippen molar-refractivity contribution in [3.8, 4) is 0 Å². The van der Waals surface area contributed by atoms with E-state index in [9.17, 15) is 43.2 Å². The highest BCUT2D eigenvalue weighted by Gasteiger charge is 2.30. The summed E-state index contributed by atoms with van der Waals surface area (Å²) < 4.78 is 68.4. The molecule has 0 rings (SSSR count). The Morgan fingerprint density at radius 2 is 0.522 bits per heavy atom. The fraction of sp³-hybridized carbons (Fsp3) is 0.945. The lowest BCUT2D eigenvalue weighted by molar-refractivity contribution is -0.161. The van der Waals surface area contributed by atoms with Gasteiger partial charge in [0.1, 0.15) is 19.3 Å². The van der Waals surface area contributed by atoms with Gasteiger partial charge in [0.05, 0.1) is 26.4 Å². The Morgan fingerprint density at radius 1 is 0.304 bits per heavy atom. The molecule has 0 fully saturated rings. The first-order chi connectivity index (χ1) is 44.1. The molecule has 0 bridgehead atoms. The third-order valence-electron chi connectivity index (χ3n) is 17.2. The van der Waals surface area contributed by atoms with Gasteiger partial charge in [-0.05, 0) is 49.4 Å². The van der Waals surface area contributed by atoms with Crippen molar-refractivity contribution in [1.82, 2.24) is 0 Å². The zero-order chi connectivity index (χ0) is 68.2. The van der Waals surface area contributed by atoms with Gasteiger partial charge in [0.15, 0.2) is 12.2 Å². The average Bonchev–Trinajstić information content (AvgIpc) is 3.73. The SMILES string of the molecule is CCC(C)CCCCCCCCCCC(=O)O[C@H](COC(=O)CCCCCCCCC(C)C)COP(=O)(O)OC[C@H](O)COP(=O)(O)OC[C@@H](COC(=O)CCCCCCCCCCCCCCCCC(C)C)OC(=O)CCCCCCCCCCCCCC(C)C. The zero-order valence-electron chi connectivity index (χ0n) is 60.2. The minimum absolute atomic E-state index is 0.103. The number of unbranched alkanes of at least 4 members (excludes halogenated alkanes) is 35. The Labute approximate surface area is 562 Å². The number of carbonyl (C=O) groups is 4. The number of hydrogen-bond donors (Lipinski definition) is 3. The molecule has 0 radical (unpaired) electrons. The molecule has 92 heavy (non-hydrogen) atoms. The topological polar surface area (TPSA) is 237 Å². The first-order valence-corrected chi connectivity index (χ1v) is 40.7. The summed E-state index contributed by atoms with van der Waals surface area (Å²) in [6, 6.07) is 0. The van der Waals surface area contributed by atoms with E-state index in [-0.39, 0.29) is 25.7 Å². The maximum atomic E-state index is 13.1. The van der Waals surface area contributed by atoms with Crippen LogP contribution in [0.3, 0.4) is 0 Å². The van der Waals surface area contributed by atoms with Crippen molar-refractivity contribution < 1.29 is 80.2 Å². The van der Waals surface area contributed by atoms with Crippen LogP contribution in [-0.4, -0.2) is 96.7 Å². The monoisotopic (exact) mass is 1350 g/mol. The van der Waals surface area contributed by atoms with Crippen molar-refractivity contribution in [2.75, 3.05) is 39.6 Å². The molecule has 19 heteroatoms. The van der Waals surface area contributed by atoms with Crippen LogP contribution in [0.15, 0.2) is 0 Å². The summed E-state index contributed by atoms with van der Waals surface area (Å²) in [6.45, 7) is 14.1. The third kappa shape index (κ3) is 65.4. The highest BCUT2D eigenvalue weighted by Crippen LogP contribution is 2.45. The predicted octanol–water partition coefficient (Wildman–Crippen LogP) is 20.9. The summed E-state index contributed by atoms with van der Waals surface area (Å²) in [5.74, 6) is 0.886. The third-order valence-corrected chi connectivity index (χ3v) is 19.1. The number of aliphatic hydroxyl groups excluding tert-OH is 1. The Bertz CT molecular complexity index is 1820. The van der Waals surface area contributed by atoms with E-state index in [1.165, 1.54) is 161 Å². The van der Waals surface area contributed by atoms with Crippen molar-refractivity contribution in [3.63, 3.8) is 0 Å². The summed E-state index contributed by atoms with van der Waals surface area (Å²) >= 11 is 0. The maximum absolute atomic E-state index is 13.1. The highest BCUT2D eigenvalue weighted by atomic mass is 31.2. The second-order valence-corrected chi connectivity index (χ2v) is 30.9. The Morgan fingerprint density at radius 3 is 0.772 bits per heavy atom. The van der Waals surface area contributed by atoms with E-state index >= 15 is 0 Å². The van der Waals surface area contributed by atoms with Crippen LogP contribution in [0.4, 0.5) is 0 Å². The number of rotatable bonds is 70. The molecule has 0 saturated heterocycles. The summed E-state index contributed by atoms with van der Waals surface area (Å²) in [5, 5.41) is 10.6. The number of esters is 4. The minimum Gasteiger partial charge on any atom is -0.462 e. The van der Waals surface area contributed by atoms with E-state index in [1.807, 2.05) is 0 Å². The Balaban J connectivity index is 5.24. The molecule has 0 aromatic rings. The van der Waals surface area contributed by atoms with Crippen molar-refractivity contribution in [1.29, 1.82) is 0 Å². The van der Waals surface area contributed by atoms with Gasteiger partial charge in [0, 0.05) is 25.7 Å². The van der Waals surface area contributed by atoms with Crippen LogP contribution in [0, 0.1) is 23.7 Å². The molecule has 3 N–H and O–H groups in total. The Kier molecular flexibility index (Phi) is 61.3. The fourth-order valence-electron chi connectivity index (χ4n) is 11.0. The number of aliphatic hydroxyl groups is 1. The summed E-state index contributed by atoms with van der Waals surface area (Å²) in [5.41, 5.74) is 0. The normalized spacial score (nSPS) is 14.5. The van der Waals surface area contributed by atoms with Gasteiger partial charge in [0.2, 0.25) is 0 Å². The number of phosphoric ester groups is 2. The highest BCUT2D eigenvalue weighted by molar-refractivity contribution is 7.47. The van der Waals surface area contributed by atoms with Crippen molar-refractivity contribution in [2.24, 2.45) is 23.7 Å². The minimum atomic E-state index is -4.96. The molecule has 0 aromatic heterocycles. The maximum Gasteiger partial charge on any atom is 0.472 e. The molecule has 0 amide bonds. The predicted molar refractivity (Wildman–Crippen MR) is 372 cm³/mol. The van der Waals surface area contributed by atoms with Crippen LogP contribution in [0.1, 0.15) is 364 Å².